The lowest BCUT2D eigenvalue weighted by atomic mass is 10.2. The number of carbonyl (C=O) groups excluding carboxylic acids is 1. The van der Waals surface area contributed by atoms with Crippen LogP contribution >= 0.6 is 27.5 Å². The zero-order valence-corrected chi connectivity index (χ0v) is 14.6. The number of nitrogens with one attached hydrogen (secondary N) is 1. The normalized spacial score (nSPS) is 11.3. The topological polar surface area (TPSA) is 89.3 Å². The zero-order chi connectivity index (χ0) is 16.5. The maximum absolute atomic E-state index is 12.3. The van der Waals surface area contributed by atoms with E-state index in [-0.39, 0.29) is 10.5 Å². The SMILES string of the molecule is Cc1ccc(NC(=O)c2cc(S(N)(=O)=O)ccc2Br)cc1Cl. The van der Waals surface area contributed by atoms with Gasteiger partial charge in [0, 0.05) is 15.2 Å². The predicted octanol–water partition coefficient (Wildman–Crippen LogP) is 3.31. The van der Waals surface area contributed by atoms with E-state index in [9.17, 15) is 13.2 Å². The first-order valence-electron chi connectivity index (χ1n) is 6.08. The van der Waals surface area contributed by atoms with E-state index in [1.54, 1.807) is 18.2 Å². The summed E-state index contributed by atoms with van der Waals surface area (Å²) in [5, 5.41) is 8.25. The molecule has 22 heavy (non-hydrogen) atoms. The van der Waals surface area contributed by atoms with Gasteiger partial charge in [-0.1, -0.05) is 17.7 Å². The molecule has 2 aromatic rings. The molecule has 0 aromatic heterocycles. The third-order valence-corrected chi connectivity index (χ3v) is 4.95. The number of hydrogen-bond acceptors (Lipinski definition) is 3. The van der Waals surface area contributed by atoms with Gasteiger partial charge in [0.15, 0.2) is 0 Å². The molecule has 0 aliphatic rings. The highest BCUT2D eigenvalue weighted by Crippen LogP contribution is 2.24. The summed E-state index contributed by atoms with van der Waals surface area (Å²) in [7, 11) is -3.88. The molecule has 0 radical (unpaired) electrons. The van der Waals surface area contributed by atoms with Crippen molar-refractivity contribution in [2.75, 3.05) is 5.32 Å². The van der Waals surface area contributed by atoms with Gasteiger partial charge < -0.3 is 5.32 Å². The molecule has 5 nitrogen and oxygen atoms in total. The number of sulfonamides is 1. The lowest BCUT2D eigenvalue weighted by Gasteiger charge is -2.09. The molecule has 0 aliphatic heterocycles. The molecule has 0 unspecified atom stereocenters. The minimum Gasteiger partial charge on any atom is -0.322 e. The van der Waals surface area contributed by atoms with E-state index in [0.29, 0.717) is 15.2 Å². The van der Waals surface area contributed by atoms with Crippen molar-refractivity contribution in [3.05, 3.63) is 57.0 Å². The number of hydrogen-bond donors (Lipinski definition) is 2. The Balaban J connectivity index is 2.35. The van der Waals surface area contributed by atoms with Crippen molar-refractivity contribution in [2.45, 2.75) is 11.8 Å². The first-order chi connectivity index (χ1) is 10.2. The zero-order valence-electron chi connectivity index (χ0n) is 11.4. The number of primary sulfonamides is 1. The molecule has 2 aromatic carbocycles. The van der Waals surface area contributed by atoms with Gasteiger partial charge in [-0.05, 0) is 58.7 Å². The Kier molecular flexibility index (Phi) is 4.91. The maximum atomic E-state index is 12.3. The minimum atomic E-state index is -3.88. The summed E-state index contributed by atoms with van der Waals surface area (Å²) in [5.41, 5.74) is 1.55. The molecule has 2 rings (SSSR count). The number of aryl methyl sites for hydroxylation is 1. The van der Waals surface area contributed by atoms with Crippen molar-refractivity contribution in [2.24, 2.45) is 5.14 Å². The molecule has 0 heterocycles. The van der Waals surface area contributed by atoms with Gasteiger partial charge in [0.25, 0.3) is 5.91 Å². The average molecular weight is 404 g/mol. The molecule has 0 atom stereocenters. The fourth-order valence-electron chi connectivity index (χ4n) is 1.72. The van der Waals surface area contributed by atoms with E-state index in [4.69, 9.17) is 16.7 Å². The summed E-state index contributed by atoms with van der Waals surface area (Å²) < 4.78 is 23.2. The molecule has 8 heteroatoms. The Morgan fingerprint density at radius 3 is 2.50 bits per heavy atom. The second-order valence-corrected chi connectivity index (χ2v) is 7.43. The Morgan fingerprint density at radius 1 is 1.23 bits per heavy atom. The van der Waals surface area contributed by atoms with Crippen LogP contribution in [-0.4, -0.2) is 14.3 Å². The summed E-state index contributed by atoms with van der Waals surface area (Å²) in [5.74, 6) is -0.475. The lowest BCUT2D eigenvalue weighted by molar-refractivity contribution is 0.102. The number of amides is 1. The summed E-state index contributed by atoms with van der Waals surface area (Å²) in [6, 6.07) is 9.08. The van der Waals surface area contributed by atoms with Crippen molar-refractivity contribution in [1.29, 1.82) is 0 Å². The van der Waals surface area contributed by atoms with Crippen LogP contribution in [0.4, 0.5) is 5.69 Å². The molecular formula is C14H12BrClN2O3S. The van der Waals surface area contributed by atoms with Crippen LogP contribution in [0.1, 0.15) is 15.9 Å². The van der Waals surface area contributed by atoms with Crippen LogP contribution in [0.5, 0.6) is 0 Å². The quantitative estimate of drug-likeness (QED) is 0.824. The third kappa shape index (κ3) is 3.86. The Morgan fingerprint density at radius 2 is 1.91 bits per heavy atom. The van der Waals surface area contributed by atoms with Crippen LogP contribution in [0, 0.1) is 6.92 Å². The van der Waals surface area contributed by atoms with Gasteiger partial charge in [-0.25, -0.2) is 13.6 Å². The lowest BCUT2D eigenvalue weighted by Crippen LogP contribution is -2.16. The molecule has 0 spiro atoms. The van der Waals surface area contributed by atoms with Crippen molar-refractivity contribution in [3.63, 3.8) is 0 Å². The molecule has 0 fully saturated rings. The van der Waals surface area contributed by atoms with Gasteiger partial charge in [-0.15, -0.1) is 0 Å². The van der Waals surface area contributed by atoms with Gasteiger partial charge in [0.05, 0.1) is 10.5 Å². The number of benzene rings is 2. The second kappa shape index (κ2) is 6.37. The van der Waals surface area contributed by atoms with E-state index in [1.807, 2.05) is 6.92 Å². The van der Waals surface area contributed by atoms with Gasteiger partial charge in [-0.2, -0.15) is 0 Å². The average Bonchev–Trinajstić information content (AvgIpc) is 2.42. The molecule has 1 amide bonds. The number of nitrogens with two attached hydrogens (primary N) is 1. The molecule has 3 N–H and O–H groups in total. The number of rotatable bonds is 3. The van der Waals surface area contributed by atoms with Crippen molar-refractivity contribution < 1.29 is 13.2 Å². The summed E-state index contributed by atoms with van der Waals surface area (Å²) in [4.78, 5) is 12.2. The first kappa shape index (κ1) is 17.0. The largest absolute Gasteiger partial charge is 0.322 e. The van der Waals surface area contributed by atoms with Gasteiger partial charge >= 0.3 is 0 Å². The summed E-state index contributed by atoms with van der Waals surface area (Å²) in [6.45, 7) is 1.85. The van der Waals surface area contributed by atoms with Gasteiger partial charge in [-0.3, -0.25) is 4.79 Å². The molecule has 0 bridgehead atoms. The maximum Gasteiger partial charge on any atom is 0.256 e. The van der Waals surface area contributed by atoms with Crippen molar-refractivity contribution >= 4 is 49.1 Å². The third-order valence-electron chi connectivity index (χ3n) is 2.94. The van der Waals surface area contributed by atoms with Crippen LogP contribution < -0.4 is 10.5 Å². The Hall–Kier alpha value is -1.41. The molecule has 0 saturated heterocycles. The van der Waals surface area contributed by atoms with Crippen LogP contribution in [0.2, 0.25) is 5.02 Å². The fourth-order valence-corrected chi connectivity index (χ4v) is 2.87. The predicted molar refractivity (Wildman–Crippen MR) is 89.7 cm³/mol. The highest BCUT2D eigenvalue weighted by Gasteiger charge is 2.16. The van der Waals surface area contributed by atoms with E-state index in [1.165, 1.54) is 18.2 Å². The van der Waals surface area contributed by atoms with Crippen LogP contribution in [0.15, 0.2) is 45.8 Å². The Labute approximate surface area is 141 Å². The fraction of sp³-hybridized carbons (Fsp3) is 0.0714. The minimum absolute atomic E-state index is 0.136. The van der Waals surface area contributed by atoms with E-state index in [0.717, 1.165) is 5.56 Å². The number of carbonyl (C=O) groups is 1. The molecule has 0 aliphatic carbocycles. The van der Waals surface area contributed by atoms with Gasteiger partial charge in [0.1, 0.15) is 0 Å². The van der Waals surface area contributed by atoms with Gasteiger partial charge in [0.2, 0.25) is 10.0 Å². The van der Waals surface area contributed by atoms with Crippen LogP contribution in [-0.2, 0) is 10.0 Å². The highest BCUT2D eigenvalue weighted by atomic mass is 79.9. The van der Waals surface area contributed by atoms with Crippen LogP contribution in [0.3, 0.4) is 0 Å². The standard InChI is InChI=1S/C14H12BrClN2O3S/c1-8-2-3-9(6-13(8)16)18-14(19)11-7-10(22(17,20)21)4-5-12(11)15/h2-7H,1H3,(H,18,19)(H2,17,20,21). The second-order valence-electron chi connectivity index (χ2n) is 4.60. The Bertz CT molecular complexity index is 853. The van der Waals surface area contributed by atoms with E-state index >= 15 is 0 Å². The summed E-state index contributed by atoms with van der Waals surface area (Å²) in [6.07, 6.45) is 0. The highest BCUT2D eigenvalue weighted by molar-refractivity contribution is 9.10. The van der Waals surface area contributed by atoms with Crippen LogP contribution in [0.25, 0.3) is 0 Å². The first-order valence-corrected chi connectivity index (χ1v) is 8.80. The molecule has 116 valence electrons. The van der Waals surface area contributed by atoms with E-state index < -0.39 is 15.9 Å². The monoisotopic (exact) mass is 402 g/mol. The van der Waals surface area contributed by atoms with E-state index in [2.05, 4.69) is 21.2 Å². The summed E-state index contributed by atoms with van der Waals surface area (Å²) >= 11 is 9.22. The van der Waals surface area contributed by atoms with Crippen molar-refractivity contribution in [1.82, 2.24) is 0 Å². The smallest absolute Gasteiger partial charge is 0.256 e. The molecule has 0 saturated carbocycles. The number of halogens is 2. The molecular weight excluding hydrogens is 392 g/mol. The van der Waals surface area contributed by atoms with Crippen molar-refractivity contribution in [3.8, 4) is 0 Å². The number of anilines is 1.